The van der Waals surface area contributed by atoms with Gasteiger partial charge in [0, 0.05) is 18.4 Å². The molecule has 0 amide bonds. The van der Waals surface area contributed by atoms with Crippen molar-refractivity contribution in [1.82, 2.24) is 14.5 Å². The Morgan fingerprint density at radius 1 is 1.29 bits per heavy atom. The van der Waals surface area contributed by atoms with Crippen LogP contribution in [0.4, 0.5) is 5.82 Å². The van der Waals surface area contributed by atoms with Crippen LogP contribution >= 0.6 is 0 Å². The Labute approximate surface area is 142 Å². The second kappa shape index (κ2) is 6.48. The molecule has 24 heavy (non-hydrogen) atoms. The average Bonchev–Trinajstić information content (AvgIpc) is 2.91. The van der Waals surface area contributed by atoms with Crippen LogP contribution in [-0.2, 0) is 13.0 Å². The highest BCUT2D eigenvalue weighted by Gasteiger charge is 2.18. The van der Waals surface area contributed by atoms with Gasteiger partial charge in [0.15, 0.2) is 5.82 Å². The molecule has 0 aliphatic heterocycles. The van der Waals surface area contributed by atoms with Gasteiger partial charge in [-0.05, 0) is 30.5 Å². The summed E-state index contributed by atoms with van der Waals surface area (Å²) in [4.78, 5) is 9.28. The number of imidazole rings is 1. The summed E-state index contributed by atoms with van der Waals surface area (Å²) in [7, 11) is 0. The summed E-state index contributed by atoms with van der Waals surface area (Å²) in [6, 6.07) is 7.75. The third-order valence-electron chi connectivity index (χ3n) is 4.21. The fraction of sp³-hybridized carbons (Fsp3) is 0.421. The topological polar surface area (TPSA) is 80.5 Å². The normalized spacial score (nSPS) is 11.5. The van der Waals surface area contributed by atoms with E-state index in [1.807, 2.05) is 12.1 Å². The SMILES string of the molecule is CCCCc1nc2c(N)nc3cc(C#N)ccc3c2n1CC(C)C. The van der Waals surface area contributed by atoms with Gasteiger partial charge in [-0.25, -0.2) is 9.97 Å². The largest absolute Gasteiger partial charge is 0.382 e. The molecule has 3 aromatic rings. The lowest BCUT2D eigenvalue weighted by Gasteiger charge is -2.13. The number of hydrogen-bond donors (Lipinski definition) is 1. The van der Waals surface area contributed by atoms with Gasteiger partial charge in [0.05, 0.1) is 22.7 Å². The number of unbranched alkanes of at least 4 members (excludes halogenated alkanes) is 1. The van der Waals surface area contributed by atoms with E-state index in [-0.39, 0.29) is 0 Å². The first-order valence-electron chi connectivity index (χ1n) is 8.53. The number of aryl methyl sites for hydroxylation is 1. The molecule has 124 valence electrons. The van der Waals surface area contributed by atoms with Crippen LogP contribution in [0.5, 0.6) is 0 Å². The zero-order chi connectivity index (χ0) is 17.3. The second-order valence-corrected chi connectivity index (χ2v) is 6.67. The number of nitriles is 1. The van der Waals surface area contributed by atoms with Crippen molar-refractivity contribution in [2.24, 2.45) is 5.92 Å². The highest BCUT2D eigenvalue weighted by atomic mass is 15.1. The van der Waals surface area contributed by atoms with Gasteiger partial charge >= 0.3 is 0 Å². The lowest BCUT2D eigenvalue weighted by atomic mass is 10.1. The van der Waals surface area contributed by atoms with Crippen LogP contribution in [0.3, 0.4) is 0 Å². The summed E-state index contributed by atoms with van der Waals surface area (Å²) in [5.74, 6) is 2.02. The van der Waals surface area contributed by atoms with Crippen LogP contribution < -0.4 is 5.73 Å². The van der Waals surface area contributed by atoms with Crippen molar-refractivity contribution in [2.45, 2.75) is 46.6 Å². The lowest BCUT2D eigenvalue weighted by Crippen LogP contribution is -2.09. The number of aromatic nitrogens is 3. The van der Waals surface area contributed by atoms with Gasteiger partial charge in [0.25, 0.3) is 0 Å². The predicted molar refractivity (Wildman–Crippen MR) is 97.6 cm³/mol. The number of hydrogen-bond acceptors (Lipinski definition) is 4. The molecule has 0 unspecified atom stereocenters. The molecule has 0 fully saturated rings. The van der Waals surface area contributed by atoms with Gasteiger partial charge < -0.3 is 10.3 Å². The van der Waals surface area contributed by atoms with Gasteiger partial charge in [-0.15, -0.1) is 0 Å². The minimum absolute atomic E-state index is 0.438. The van der Waals surface area contributed by atoms with Crippen LogP contribution in [-0.4, -0.2) is 14.5 Å². The molecule has 1 aromatic carbocycles. The fourth-order valence-corrected chi connectivity index (χ4v) is 3.12. The molecular weight excluding hydrogens is 298 g/mol. The summed E-state index contributed by atoms with van der Waals surface area (Å²) in [5, 5.41) is 10.1. The lowest BCUT2D eigenvalue weighted by molar-refractivity contribution is 0.513. The molecule has 5 nitrogen and oxygen atoms in total. The summed E-state index contributed by atoms with van der Waals surface area (Å²) < 4.78 is 2.29. The Kier molecular flexibility index (Phi) is 4.39. The first-order valence-corrected chi connectivity index (χ1v) is 8.53. The smallest absolute Gasteiger partial charge is 0.152 e. The minimum atomic E-state index is 0.438. The van der Waals surface area contributed by atoms with Gasteiger partial charge in [0.2, 0.25) is 0 Å². The van der Waals surface area contributed by atoms with E-state index >= 15 is 0 Å². The number of rotatable bonds is 5. The van der Waals surface area contributed by atoms with Crippen LogP contribution in [0.2, 0.25) is 0 Å². The monoisotopic (exact) mass is 321 g/mol. The Balaban J connectivity index is 2.33. The van der Waals surface area contributed by atoms with E-state index in [0.717, 1.165) is 53.6 Å². The Hall–Kier alpha value is -2.61. The first kappa shape index (κ1) is 16.3. The summed E-state index contributed by atoms with van der Waals surface area (Å²) in [6.07, 6.45) is 3.17. The van der Waals surface area contributed by atoms with Crippen LogP contribution in [0.25, 0.3) is 21.9 Å². The molecule has 0 bridgehead atoms. The van der Waals surface area contributed by atoms with Gasteiger partial charge in [-0.1, -0.05) is 27.2 Å². The third-order valence-corrected chi connectivity index (χ3v) is 4.21. The van der Waals surface area contributed by atoms with Crippen molar-refractivity contribution in [3.05, 3.63) is 29.6 Å². The zero-order valence-electron chi connectivity index (χ0n) is 14.5. The number of benzene rings is 1. The molecule has 0 saturated carbocycles. The van der Waals surface area contributed by atoms with Gasteiger partial charge in [0.1, 0.15) is 11.3 Å². The second-order valence-electron chi connectivity index (χ2n) is 6.67. The molecular formula is C19H23N5. The van der Waals surface area contributed by atoms with Crippen molar-refractivity contribution in [1.29, 1.82) is 5.26 Å². The van der Waals surface area contributed by atoms with E-state index in [1.165, 1.54) is 0 Å². The van der Waals surface area contributed by atoms with E-state index in [0.29, 0.717) is 17.3 Å². The number of nitrogens with zero attached hydrogens (tertiary/aromatic N) is 4. The zero-order valence-corrected chi connectivity index (χ0v) is 14.5. The molecule has 2 heterocycles. The quantitative estimate of drug-likeness (QED) is 0.769. The Morgan fingerprint density at radius 3 is 2.75 bits per heavy atom. The van der Waals surface area contributed by atoms with Crippen molar-refractivity contribution in [3.8, 4) is 6.07 Å². The summed E-state index contributed by atoms with van der Waals surface area (Å²) in [5.41, 5.74) is 9.35. The van der Waals surface area contributed by atoms with Crippen LogP contribution in [0, 0.1) is 17.2 Å². The Bertz CT molecular complexity index is 930. The average molecular weight is 321 g/mol. The molecule has 0 radical (unpaired) electrons. The van der Waals surface area contributed by atoms with Gasteiger partial charge in [-0.2, -0.15) is 5.26 Å². The molecule has 0 aliphatic rings. The molecule has 3 rings (SSSR count). The number of fused-ring (bicyclic) bond motifs is 3. The van der Waals surface area contributed by atoms with Crippen molar-refractivity contribution in [2.75, 3.05) is 5.73 Å². The number of nitrogen functional groups attached to an aromatic ring is 1. The molecule has 0 aliphatic carbocycles. The first-order chi connectivity index (χ1) is 11.5. The number of nitrogens with two attached hydrogens (primary N) is 1. The molecule has 0 atom stereocenters. The van der Waals surface area contributed by atoms with E-state index in [9.17, 15) is 0 Å². The maximum atomic E-state index is 9.13. The number of anilines is 1. The highest BCUT2D eigenvalue weighted by molar-refractivity contribution is 6.06. The molecule has 5 heteroatoms. The standard InChI is InChI=1S/C19H23N5/c1-4-5-6-16-23-17-18(24(16)11-12(2)3)14-8-7-13(10-20)9-15(14)22-19(17)21/h7-9,12H,4-6,11H2,1-3H3,(H2,21,22). The summed E-state index contributed by atoms with van der Waals surface area (Å²) >= 11 is 0. The van der Waals surface area contributed by atoms with Crippen molar-refractivity contribution < 1.29 is 0 Å². The van der Waals surface area contributed by atoms with E-state index in [2.05, 4.69) is 36.4 Å². The molecule has 2 aromatic heterocycles. The van der Waals surface area contributed by atoms with E-state index < -0.39 is 0 Å². The van der Waals surface area contributed by atoms with Crippen LogP contribution in [0.15, 0.2) is 18.2 Å². The predicted octanol–water partition coefficient (Wildman–Crippen LogP) is 4.04. The molecule has 0 spiro atoms. The Morgan fingerprint density at radius 2 is 2.08 bits per heavy atom. The van der Waals surface area contributed by atoms with Crippen LogP contribution in [0.1, 0.15) is 45.0 Å². The molecule has 0 saturated heterocycles. The van der Waals surface area contributed by atoms with E-state index in [1.54, 1.807) is 6.07 Å². The maximum Gasteiger partial charge on any atom is 0.152 e. The van der Waals surface area contributed by atoms with Gasteiger partial charge in [-0.3, -0.25) is 0 Å². The summed E-state index contributed by atoms with van der Waals surface area (Å²) in [6.45, 7) is 7.49. The molecule has 2 N–H and O–H groups in total. The highest BCUT2D eigenvalue weighted by Crippen LogP contribution is 2.30. The van der Waals surface area contributed by atoms with Crippen molar-refractivity contribution >= 4 is 27.8 Å². The van der Waals surface area contributed by atoms with Crippen molar-refractivity contribution in [3.63, 3.8) is 0 Å². The third kappa shape index (κ3) is 2.80. The van der Waals surface area contributed by atoms with E-state index in [4.69, 9.17) is 16.0 Å². The minimum Gasteiger partial charge on any atom is -0.382 e. The fourth-order valence-electron chi connectivity index (χ4n) is 3.12. The maximum absolute atomic E-state index is 9.13. The number of pyridine rings is 1.